The molecule has 2 aromatic rings. The lowest BCUT2D eigenvalue weighted by Gasteiger charge is -2.00. The van der Waals surface area contributed by atoms with Crippen molar-refractivity contribution in [3.8, 4) is 0 Å². The molecule has 0 saturated heterocycles. The summed E-state index contributed by atoms with van der Waals surface area (Å²) < 4.78 is 0. The number of aromatic nitrogens is 2. The van der Waals surface area contributed by atoms with Crippen LogP contribution in [0.4, 0.5) is 0 Å². The standard InChI is InChI=1S/C10H10N4.C2H6/c1-6-2-3-8-7(13-6)4-5-9(14-8)10(11)12;1-2/h2-5H,1H3,(H3,11,12);1-2H3. The van der Waals surface area contributed by atoms with Crippen molar-refractivity contribution < 1.29 is 0 Å². The van der Waals surface area contributed by atoms with Gasteiger partial charge in [0.2, 0.25) is 0 Å². The molecular weight excluding hydrogens is 200 g/mol. The van der Waals surface area contributed by atoms with Gasteiger partial charge in [-0.05, 0) is 31.2 Å². The summed E-state index contributed by atoms with van der Waals surface area (Å²) in [7, 11) is 0. The lowest BCUT2D eigenvalue weighted by molar-refractivity contribution is 1.22. The van der Waals surface area contributed by atoms with Crippen LogP contribution in [0.3, 0.4) is 0 Å². The Hall–Kier alpha value is -1.97. The number of nitrogen functional groups attached to an aromatic ring is 1. The summed E-state index contributed by atoms with van der Waals surface area (Å²) in [6, 6.07) is 7.30. The number of amidine groups is 1. The Balaban J connectivity index is 0.000000606. The molecule has 0 aliphatic heterocycles. The Morgan fingerprint density at radius 2 is 1.62 bits per heavy atom. The fourth-order valence-electron chi connectivity index (χ4n) is 1.26. The van der Waals surface area contributed by atoms with Crippen molar-refractivity contribution in [2.24, 2.45) is 5.73 Å². The summed E-state index contributed by atoms with van der Waals surface area (Å²) in [5.74, 6) is -0.0209. The molecule has 84 valence electrons. The summed E-state index contributed by atoms with van der Waals surface area (Å²) in [5, 5.41) is 7.25. The maximum absolute atomic E-state index is 7.25. The zero-order valence-electron chi connectivity index (χ0n) is 9.78. The minimum atomic E-state index is -0.0209. The molecule has 4 nitrogen and oxygen atoms in total. The topological polar surface area (TPSA) is 75.7 Å². The third-order valence-electron chi connectivity index (χ3n) is 1.96. The Labute approximate surface area is 95.0 Å². The molecule has 0 amide bonds. The summed E-state index contributed by atoms with van der Waals surface area (Å²) in [4.78, 5) is 8.51. The molecule has 0 atom stereocenters. The van der Waals surface area contributed by atoms with Gasteiger partial charge in [0.05, 0.1) is 11.0 Å². The van der Waals surface area contributed by atoms with Crippen molar-refractivity contribution >= 4 is 16.9 Å². The normalized spacial score (nSPS) is 9.44. The predicted molar refractivity (Wildman–Crippen MR) is 66.6 cm³/mol. The van der Waals surface area contributed by atoms with Crippen molar-refractivity contribution in [3.63, 3.8) is 0 Å². The highest BCUT2D eigenvalue weighted by molar-refractivity contribution is 5.94. The van der Waals surface area contributed by atoms with Gasteiger partial charge in [-0.1, -0.05) is 13.8 Å². The first-order chi connectivity index (χ1) is 7.66. The van der Waals surface area contributed by atoms with Crippen molar-refractivity contribution in [1.29, 1.82) is 5.41 Å². The van der Waals surface area contributed by atoms with Crippen LogP contribution < -0.4 is 5.73 Å². The van der Waals surface area contributed by atoms with Gasteiger partial charge in [0, 0.05) is 5.69 Å². The van der Waals surface area contributed by atoms with E-state index in [0.29, 0.717) is 5.69 Å². The fourth-order valence-corrected chi connectivity index (χ4v) is 1.26. The van der Waals surface area contributed by atoms with Crippen molar-refractivity contribution in [2.75, 3.05) is 0 Å². The molecule has 4 heteroatoms. The van der Waals surface area contributed by atoms with Crippen LogP contribution in [0.25, 0.3) is 11.0 Å². The SMILES string of the molecule is CC.Cc1ccc2nc(C(=N)N)ccc2n1. The molecule has 16 heavy (non-hydrogen) atoms. The van der Waals surface area contributed by atoms with E-state index in [4.69, 9.17) is 11.1 Å². The summed E-state index contributed by atoms with van der Waals surface area (Å²) >= 11 is 0. The molecule has 3 N–H and O–H groups in total. The number of pyridine rings is 2. The quantitative estimate of drug-likeness (QED) is 0.567. The monoisotopic (exact) mass is 216 g/mol. The molecule has 0 aliphatic rings. The molecule has 0 aromatic carbocycles. The first-order valence-corrected chi connectivity index (χ1v) is 5.25. The van der Waals surface area contributed by atoms with Gasteiger partial charge in [0.15, 0.2) is 0 Å². The third kappa shape index (κ3) is 2.53. The molecule has 0 unspecified atom stereocenters. The smallest absolute Gasteiger partial charge is 0.141 e. The van der Waals surface area contributed by atoms with Crippen molar-refractivity contribution in [2.45, 2.75) is 20.8 Å². The van der Waals surface area contributed by atoms with E-state index >= 15 is 0 Å². The average molecular weight is 216 g/mol. The van der Waals surface area contributed by atoms with Crippen LogP contribution in [0.2, 0.25) is 0 Å². The molecule has 2 rings (SSSR count). The van der Waals surface area contributed by atoms with E-state index in [2.05, 4.69) is 9.97 Å². The second kappa shape index (κ2) is 5.21. The maximum Gasteiger partial charge on any atom is 0.141 e. The van der Waals surface area contributed by atoms with Gasteiger partial charge in [-0.3, -0.25) is 10.4 Å². The first-order valence-electron chi connectivity index (χ1n) is 5.25. The van der Waals surface area contributed by atoms with E-state index in [0.717, 1.165) is 16.7 Å². The van der Waals surface area contributed by atoms with Gasteiger partial charge in [-0.2, -0.15) is 0 Å². The summed E-state index contributed by atoms with van der Waals surface area (Å²) in [5.41, 5.74) is 8.37. The van der Waals surface area contributed by atoms with E-state index in [9.17, 15) is 0 Å². The number of fused-ring (bicyclic) bond motifs is 1. The van der Waals surface area contributed by atoms with E-state index < -0.39 is 0 Å². The highest BCUT2D eigenvalue weighted by Crippen LogP contribution is 2.10. The van der Waals surface area contributed by atoms with Crippen LogP contribution in [0.5, 0.6) is 0 Å². The number of aryl methyl sites for hydroxylation is 1. The molecule has 2 heterocycles. The minimum Gasteiger partial charge on any atom is -0.382 e. The Bertz CT molecular complexity index is 505. The number of hydrogen-bond acceptors (Lipinski definition) is 3. The second-order valence-electron chi connectivity index (χ2n) is 3.10. The first kappa shape index (κ1) is 12.1. The van der Waals surface area contributed by atoms with Crippen molar-refractivity contribution in [3.05, 3.63) is 35.7 Å². The Morgan fingerprint density at radius 3 is 2.25 bits per heavy atom. The molecule has 0 spiro atoms. The van der Waals surface area contributed by atoms with Gasteiger partial charge in [0.1, 0.15) is 11.5 Å². The third-order valence-corrected chi connectivity index (χ3v) is 1.96. The number of rotatable bonds is 1. The molecule has 0 aliphatic carbocycles. The largest absolute Gasteiger partial charge is 0.382 e. The van der Waals surface area contributed by atoms with Gasteiger partial charge in [-0.15, -0.1) is 0 Å². The lowest BCUT2D eigenvalue weighted by atomic mass is 10.2. The van der Waals surface area contributed by atoms with Crippen LogP contribution in [-0.4, -0.2) is 15.8 Å². The van der Waals surface area contributed by atoms with Gasteiger partial charge in [0.25, 0.3) is 0 Å². The summed E-state index contributed by atoms with van der Waals surface area (Å²) in [6.07, 6.45) is 0. The van der Waals surface area contributed by atoms with E-state index in [1.165, 1.54) is 0 Å². The average Bonchev–Trinajstić information content (AvgIpc) is 2.30. The van der Waals surface area contributed by atoms with E-state index in [-0.39, 0.29) is 5.84 Å². The van der Waals surface area contributed by atoms with Crippen LogP contribution in [0.1, 0.15) is 25.2 Å². The Morgan fingerprint density at radius 1 is 1.06 bits per heavy atom. The number of nitrogens with two attached hydrogens (primary N) is 1. The van der Waals surface area contributed by atoms with Crippen LogP contribution in [-0.2, 0) is 0 Å². The van der Waals surface area contributed by atoms with Gasteiger partial charge < -0.3 is 5.73 Å². The zero-order valence-corrected chi connectivity index (χ0v) is 9.78. The molecule has 0 saturated carbocycles. The lowest BCUT2D eigenvalue weighted by Crippen LogP contribution is -2.12. The highest BCUT2D eigenvalue weighted by Gasteiger charge is 2.01. The van der Waals surface area contributed by atoms with Crippen LogP contribution >= 0.6 is 0 Å². The van der Waals surface area contributed by atoms with E-state index in [1.807, 2.05) is 39.0 Å². The fraction of sp³-hybridized carbons (Fsp3) is 0.250. The Kier molecular flexibility index (Phi) is 3.94. The van der Waals surface area contributed by atoms with Gasteiger partial charge in [-0.25, -0.2) is 4.98 Å². The minimum absolute atomic E-state index is 0.0209. The molecular formula is C12H16N4. The number of nitrogens with zero attached hydrogens (tertiary/aromatic N) is 2. The maximum atomic E-state index is 7.25. The van der Waals surface area contributed by atoms with Crippen LogP contribution in [0.15, 0.2) is 24.3 Å². The molecule has 0 fully saturated rings. The predicted octanol–water partition coefficient (Wildman–Crippen LogP) is 2.25. The molecule has 0 bridgehead atoms. The second-order valence-corrected chi connectivity index (χ2v) is 3.10. The van der Waals surface area contributed by atoms with Gasteiger partial charge >= 0.3 is 0 Å². The molecule has 0 radical (unpaired) electrons. The molecule has 2 aromatic heterocycles. The number of hydrogen-bond donors (Lipinski definition) is 2. The summed E-state index contributed by atoms with van der Waals surface area (Å²) in [6.45, 7) is 5.93. The van der Waals surface area contributed by atoms with Crippen LogP contribution in [0, 0.1) is 12.3 Å². The van der Waals surface area contributed by atoms with Crippen molar-refractivity contribution in [1.82, 2.24) is 9.97 Å². The van der Waals surface area contributed by atoms with E-state index in [1.54, 1.807) is 6.07 Å². The highest BCUT2D eigenvalue weighted by atomic mass is 14.8. The zero-order chi connectivity index (χ0) is 12.1. The number of nitrogens with one attached hydrogen (secondary N) is 1.